The number of thioether (sulfide) groups is 1. The number of hydrogen-bond donors (Lipinski definition) is 1. The van der Waals surface area contributed by atoms with Gasteiger partial charge in [0.25, 0.3) is 0 Å². The van der Waals surface area contributed by atoms with Crippen molar-refractivity contribution in [1.29, 1.82) is 0 Å². The number of hydrogen-bond acceptors (Lipinski definition) is 2. The largest absolute Gasteiger partial charge is 0.350 e. The van der Waals surface area contributed by atoms with Crippen LogP contribution in [0.5, 0.6) is 0 Å². The third kappa shape index (κ3) is 3.53. The van der Waals surface area contributed by atoms with E-state index >= 15 is 0 Å². The monoisotopic (exact) mass is 300 g/mol. The van der Waals surface area contributed by atoms with Gasteiger partial charge in [0.05, 0.1) is 0 Å². The highest BCUT2D eigenvalue weighted by Gasteiger charge is 2.23. The van der Waals surface area contributed by atoms with E-state index in [1.54, 1.807) is 0 Å². The standard InChI is InChI=1S/C18H24N2S/c1-18(2,3)19-11-15-7-6-10-20(15)12-14-13-21-17-9-5-4-8-16(14)17/h4-10,14,19H,11-13H2,1-3H3. The lowest BCUT2D eigenvalue weighted by molar-refractivity contribution is 0.413. The summed E-state index contributed by atoms with van der Waals surface area (Å²) in [5.74, 6) is 1.83. The molecule has 2 heterocycles. The Morgan fingerprint density at radius 2 is 2.00 bits per heavy atom. The number of rotatable bonds is 4. The molecule has 3 heteroatoms. The fourth-order valence-corrected chi connectivity index (χ4v) is 4.00. The van der Waals surface area contributed by atoms with E-state index < -0.39 is 0 Å². The molecule has 2 nitrogen and oxygen atoms in total. The molecule has 0 spiro atoms. The van der Waals surface area contributed by atoms with Gasteiger partial charge >= 0.3 is 0 Å². The zero-order chi connectivity index (χ0) is 14.9. The molecule has 1 aliphatic heterocycles. The van der Waals surface area contributed by atoms with Gasteiger partial charge in [-0.15, -0.1) is 11.8 Å². The van der Waals surface area contributed by atoms with Crippen molar-refractivity contribution in [2.45, 2.75) is 50.2 Å². The van der Waals surface area contributed by atoms with Gasteiger partial charge in [-0.1, -0.05) is 18.2 Å². The van der Waals surface area contributed by atoms with Crippen LogP contribution >= 0.6 is 11.8 Å². The van der Waals surface area contributed by atoms with Crippen LogP contribution < -0.4 is 5.32 Å². The van der Waals surface area contributed by atoms with E-state index in [1.165, 1.54) is 21.9 Å². The van der Waals surface area contributed by atoms with Gasteiger partial charge < -0.3 is 9.88 Å². The molecule has 0 fully saturated rings. The van der Waals surface area contributed by atoms with Crippen LogP contribution in [0.2, 0.25) is 0 Å². The Hall–Kier alpha value is -1.19. The van der Waals surface area contributed by atoms with Crippen molar-refractivity contribution in [3.05, 3.63) is 53.9 Å². The van der Waals surface area contributed by atoms with Crippen molar-refractivity contribution < 1.29 is 0 Å². The molecule has 1 aromatic heterocycles. The van der Waals surface area contributed by atoms with Crippen LogP contribution in [0.25, 0.3) is 0 Å². The van der Waals surface area contributed by atoms with Crippen molar-refractivity contribution in [2.24, 2.45) is 0 Å². The van der Waals surface area contributed by atoms with E-state index in [1.807, 2.05) is 11.8 Å². The van der Waals surface area contributed by atoms with Crippen molar-refractivity contribution in [2.75, 3.05) is 5.75 Å². The van der Waals surface area contributed by atoms with Gasteiger partial charge in [0.1, 0.15) is 0 Å². The molecule has 0 amide bonds. The highest BCUT2D eigenvalue weighted by Crippen LogP contribution is 2.40. The molecule has 0 aliphatic carbocycles. The van der Waals surface area contributed by atoms with E-state index in [0.29, 0.717) is 5.92 Å². The average molecular weight is 300 g/mol. The first-order valence-corrected chi connectivity index (χ1v) is 8.62. The van der Waals surface area contributed by atoms with Crippen LogP contribution in [0.3, 0.4) is 0 Å². The SMILES string of the molecule is CC(C)(C)NCc1cccn1CC1CSc2ccccc21. The Kier molecular flexibility index (Phi) is 4.14. The second-order valence-corrected chi connectivity index (χ2v) is 7.86. The minimum absolute atomic E-state index is 0.158. The Morgan fingerprint density at radius 1 is 1.19 bits per heavy atom. The molecule has 112 valence electrons. The molecule has 3 rings (SSSR count). The second-order valence-electron chi connectivity index (χ2n) is 6.80. The van der Waals surface area contributed by atoms with Crippen LogP contribution in [0.1, 0.15) is 37.9 Å². The highest BCUT2D eigenvalue weighted by atomic mass is 32.2. The Balaban J connectivity index is 1.71. The second kappa shape index (κ2) is 5.90. The highest BCUT2D eigenvalue weighted by molar-refractivity contribution is 7.99. The number of nitrogens with zero attached hydrogens (tertiary/aromatic N) is 1. The maximum absolute atomic E-state index is 3.58. The summed E-state index contributed by atoms with van der Waals surface area (Å²) in [6.45, 7) is 8.65. The third-order valence-corrected chi connectivity index (χ3v) is 5.19. The topological polar surface area (TPSA) is 17.0 Å². The molecule has 1 aliphatic rings. The minimum Gasteiger partial charge on any atom is -0.350 e. The summed E-state index contributed by atoms with van der Waals surface area (Å²) in [5, 5.41) is 3.58. The molecule has 0 radical (unpaired) electrons. The Labute approximate surface area is 131 Å². The molecule has 1 atom stereocenters. The fourth-order valence-electron chi connectivity index (χ4n) is 2.76. The predicted molar refractivity (Wildman–Crippen MR) is 90.9 cm³/mol. The van der Waals surface area contributed by atoms with E-state index in [9.17, 15) is 0 Å². The van der Waals surface area contributed by atoms with Crippen molar-refractivity contribution in [1.82, 2.24) is 9.88 Å². The van der Waals surface area contributed by atoms with Crippen molar-refractivity contribution in [3.8, 4) is 0 Å². The van der Waals surface area contributed by atoms with E-state index in [0.717, 1.165) is 13.1 Å². The molecular formula is C18H24N2S. The lowest BCUT2D eigenvalue weighted by Gasteiger charge is -2.22. The van der Waals surface area contributed by atoms with Crippen LogP contribution in [0.4, 0.5) is 0 Å². The lowest BCUT2D eigenvalue weighted by atomic mass is 10.0. The zero-order valence-corrected chi connectivity index (χ0v) is 13.9. The zero-order valence-electron chi connectivity index (χ0n) is 13.1. The summed E-state index contributed by atoms with van der Waals surface area (Å²) in [5.41, 5.74) is 3.05. The maximum atomic E-state index is 3.58. The first-order valence-electron chi connectivity index (χ1n) is 7.64. The van der Waals surface area contributed by atoms with Gasteiger partial charge in [0.15, 0.2) is 0 Å². The van der Waals surface area contributed by atoms with Crippen molar-refractivity contribution >= 4 is 11.8 Å². The molecule has 0 bridgehead atoms. The van der Waals surface area contributed by atoms with Gasteiger partial charge in [-0.25, -0.2) is 0 Å². The van der Waals surface area contributed by atoms with E-state index in [2.05, 4.69) is 73.3 Å². The summed E-state index contributed by atoms with van der Waals surface area (Å²) >= 11 is 1.99. The van der Waals surface area contributed by atoms with Crippen LogP contribution in [-0.2, 0) is 13.1 Å². The summed E-state index contributed by atoms with van der Waals surface area (Å²) in [4.78, 5) is 1.46. The minimum atomic E-state index is 0.158. The summed E-state index contributed by atoms with van der Waals surface area (Å²) in [6.07, 6.45) is 2.21. The molecule has 21 heavy (non-hydrogen) atoms. The Bertz CT molecular complexity index is 610. The normalized spacial score (nSPS) is 18.0. The number of aromatic nitrogens is 1. The average Bonchev–Trinajstić information content (AvgIpc) is 3.04. The van der Waals surface area contributed by atoms with Gasteiger partial charge in [-0.05, 0) is 44.5 Å². The third-order valence-electron chi connectivity index (χ3n) is 3.94. The van der Waals surface area contributed by atoms with Gasteiger partial charge in [-0.2, -0.15) is 0 Å². The molecule has 2 aromatic rings. The molecular weight excluding hydrogens is 276 g/mol. The van der Waals surface area contributed by atoms with Gasteiger partial charge in [0, 0.05) is 47.1 Å². The number of benzene rings is 1. The van der Waals surface area contributed by atoms with Crippen molar-refractivity contribution in [3.63, 3.8) is 0 Å². The number of nitrogens with one attached hydrogen (secondary N) is 1. The predicted octanol–water partition coefficient (Wildman–Crippen LogP) is 4.27. The fraction of sp³-hybridized carbons (Fsp3) is 0.444. The smallest absolute Gasteiger partial charge is 0.0363 e. The maximum Gasteiger partial charge on any atom is 0.0363 e. The van der Waals surface area contributed by atoms with Crippen LogP contribution in [-0.4, -0.2) is 15.9 Å². The summed E-state index contributed by atoms with van der Waals surface area (Å²) in [7, 11) is 0. The molecule has 1 unspecified atom stereocenters. The Morgan fingerprint density at radius 3 is 2.81 bits per heavy atom. The molecule has 0 saturated heterocycles. The molecule has 1 aromatic carbocycles. The first kappa shape index (κ1) is 14.7. The van der Waals surface area contributed by atoms with Crippen LogP contribution in [0, 0.1) is 0 Å². The van der Waals surface area contributed by atoms with Gasteiger partial charge in [-0.3, -0.25) is 0 Å². The summed E-state index contributed by atoms with van der Waals surface area (Å²) in [6, 6.07) is 13.2. The summed E-state index contributed by atoms with van der Waals surface area (Å²) < 4.78 is 2.41. The lowest BCUT2D eigenvalue weighted by Crippen LogP contribution is -2.35. The molecule has 0 saturated carbocycles. The van der Waals surface area contributed by atoms with E-state index in [4.69, 9.17) is 0 Å². The van der Waals surface area contributed by atoms with E-state index in [-0.39, 0.29) is 5.54 Å². The first-order chi connectivity index (χ1) is 10.0. The van der Waals surface area contributed by atoms with Crippen LogP contribution in [0.15, 0.2) is 47.5 Å². The quantitative estimate of drug-likeness (QED) is 0.908. The number of fused-ring (bicyclic) bond motifs is 1. The van der Waals surface area contributed by atoms with Gasteiger partial charge in [0.2, 0.25) is 0 Å². The molecule has 1 N–H and O–H groups in total.